The molecule has 68 valence electrons. The van der Waals surface area contributed by atoms with E-state index in [2.05, 4.69) is 4.74 Å². The van der Waals surface area contributed by atoms with Gasteiger partial charge in [-0.05, 0) is 12.1 Å². The van der Waals surface area contributed by atoms with Crippen LogP contribution in [0.2, 0.25) is 0 Å². The smallest absolute Gasteiger partial charge is 0.340 e. The maximum absolute atomic E-state index is 13.0. The molecule has 1 aromatic carbocycles. The summed E-state index contributed by atoms with van der Waals surface area (Å²) in [4.78, 5) is 11.0. The van der Waals surface area contributed by atoms with Gasteiger partial charge in [-0.25, -0.2) is 9.18 Å². The average molecular weight is 180 g/mol. The number of hydrogen-bond acceptors (Lipinski definition) is 2. The first-order chi connectivity index (χ1) is 6.19. The summed E-state index contributed by atoms with van der Waals surface area (Å²) in [5.74, 6) is -1.17. The van der Waals surface area contributed by atoms with E-state index in [4.69, 9.17) is 0 Å². The van der Waals surface area contributed by atoms with Gasteiger partial charge in [0.1, 0.15) is 13.7 Å². The zero-order chi connectivity index (χ0) is 9.84. The standard InChI is InChI=1S/C9H10BFO2/c1-13-9(12)7-4-6(5-10)2-3-8(7)11/h2-4H,5,10H2,1H3. The summed E-state index contributed by atoms with van der Waals surface area (Å²) < 4.78 is 17.5. The number of methoxy groups -OCH3 is 1. The Morgan fingerprint density at radius 1 is 1.62 bits per heavy atom. The summed E-state index contributed by atoms with van der Waals surface area (Å²) in [6.07, 6.45) is 0.768. The van der Waals surface area contributed by atoms with Gasteiger partial charge in [0, 0.05) is 0 Å². The predicted molar refractivity (Wildman–Crippen MR) is 50.0 cm³/mol. The van der Waals surface area contributed by atoms with Crippen molar-refractivity contribution < 1.29 is 13.9 Å². The number of esters is 1. The van der Waals surface area contributed by atoms with E-state index < -0.39 is 11.8 Å². The van der Waals surface area contributed by atoms with Crippen LogP contribution in [0, 0.1) is 5.82 Å². The summed E-state index contributed by atoms with van der Waals surface area (Å²) in [6.45, 7) is 0. The number of carbonyl (C=O) groups excluding carboxylic acids is 1. The molecule has 0 aliphatic rings. The molecule has 0 aromatic heterocycles. The minimum atomic E-state index is -0.632. The zero-order valence-corrected chi connectivity index (χ0v) is 7.63. The maximum Gasteiger partial charge on any atom is 0.340 e. The molecule has 0 saturated carbocycles. The fourth-order valence-corrected chi connectivity index (χ4v) is 1.06. The first-order valence-electron chi connectivity index (χ1n) is 4.05. The molecule has 0 bridgehead atoms. The highest BCUT2D eigenvalue weighted by Gasteiger charge is 2.11. The zero-order valence-electron chi connectivity index (χ0n) is 7.63. The Kier molecular flexibility index (Phi) is 3.06. The van der Waals surface area contributed by atoms with Crippen molar-refractivity contribution in [2.75, 3.05) is 7.11 Å². The summed E-state index contributed by atoms with van der Waals surface area (Å²) in [5, 5.41) is 0. The minimum Gasteiger partial charge on any atom is -0.465 e. The topological polar surface area (TPSA) is 26.3 Å². The van der Waals surface area contributed by atoms with Crippen LogP contribution in [-0.4, -0.2) is 20.9 Å². The Hall–Kier alpha value is -1.32. The van der Waals surface area contributed by atoms with Gasteiger partial charge < -0.3 is 4.74 Å². The molecule has 0 atom stereocenters. The van der Waals surface area contributed by atoms with Crippen LogP contribution in [0.3, 0.4) is 0 Å². The number of benzene rings is 1. The van der Waals surface area contributed by atoms with Gasteiger partial charge >= 0.3 is 5.97 Å². The Morgan fingerprint density at radius 2 is 2.31 bits per heavy atom. The van der Waals surface area contributed by atoms with Crippen molar-refractivity contribution in [2.24, 2.45) is 0 Å². The highest BCUT2D eigenvalue weighted by atomic mass is 19.1. The van der Waals surface area contributed by atoms with Crippen LogP contribution in [0.1, 0.15) is 15.9 Å². The van der Waals surface area contributed by atoms with E-state index in [1.165, 1.54) is 19.2 Å². The molecule has 2 nitrogen and oxygen atoms in total. The van der Waals surface area contributed by atoms with Gasteiger partial charge in [-0.3, -0.25) is 0 Å². The van der Waals surface area contributed by atoms with Gasteiger partial charge in [-0.15, -0.1) is 0 Å². The average Bonchev–Trinajstić information content (AvgIpc) is 2.17. The third-order valence-electron chi connectivity index (χ3n) is 1.84. The largest absolute Gasteiger partial charge is 0.465 e. The van der Waals surface area contributed by atoms with Crippen molar-refractivity contribution in [3.63, 3.8) is 0 Å². The van der Waals surface area contributed by atoms with E-state index >= 15 is 0 Å². The lowest BCUT2D eigenvalue weighted by Gasteiger charge is -2.02. The van der Waals surface area contributed by atoms with Crippen LogP contribution in [-0.2, 0) is 11.1 Å². The highest BCUT2D eigenvalue weighted by molar-refractivity contribution is 6.08. The minimum absolute atomic E-state index is 0.00171. The second kappa shape index (κ2) is 4.07. The molecule has 13 heavy (non-hydrogen) atoms. The van der Waals surface area contributed by atoms with Crippen molar-refractivity contribution >= 4 is 13.8 Å². The molecule has 0 unspecified atom stereocenters. The summed E-state index contributed by atoms with van der Waals surface area (Å²) in [6, 6.07) is 4.45. The first-order valence-corrected chi connectivity index (χ1v) is 4.05. The van der Waals surface area contributed by atoms with E-state index in [0.29, 0.717) is 0 Å². The van der Waals surface area contributed by atoms with E-state index in [-0.39, 0.29) is 5.56 Å². The molecule has 0 radical (unpaired) electrons. The molecule has 0 heterocycles. The lowest BCUT2D eigenvalue weighted by molar-refractivity contribution is 0.0595. The van der Waals surface area contributed by atoms with Crippen LogP contribution in [0.5, 0.6) is 0 Å². The Bertz CT molecular complexity index is 325. The molecule has 1 aromatic rings. The van der Waals surface area contributed by atoms with Crippen molar-refractivity contribution in [1.29, 1.82) is 0 Å². The molecule has 0 amide bonds. The fourth-order valence-electron chi connectivity index (χ4n) is 1.06. The maximum atomic E-state index is 13.0. The number of rotatable bonds is 2. The molecule has 0 aliphatic carbocycles. The first kappa shape index (κ1) is 9.77. The third kappa shape index (κ3) is 2.08. The van der Waals surface area contributed by atoms with Crippen molar-refractivity contribution in [2.45, 2.75) is 6.32 Å². The van der Waals surface area contributed by atoms with Crippen LogP contribution in [0.15, 0.2) is 18.2 Å². The Balaban J connectivity index is 3.11. The summed E-state index contributed by atoms with van der Waals surface area (Å²) in [7, 11) is 3.18. The summed E-state index contributed by atoms with van der Waals surface area (Å²) >= 11 is 0. The Labute approximate surface area is 77.1 Å². The van der Waals surface area contributed by atoms with Gasteiger partial charge in [-0.1, -0.05) is 17.9 Å². The van der Waals surface area contributed by atoms with Crippen molar-refractivity contribution in [3.8, 4) is 0 Å². The van der Waals surface area contributed by atoms with E-state index in [9.17, 15) is 9.18 Å². The molecule has 1 rings (SSSR count). The normalized spacial score (nSPS) is 9.69. The lowest BCUT2D eigenvalue weighted by Crippen LogP contribution is -2.05. The van der Waals surface area contributed by atoms with E-state index in [0.717, 1.165) is 11.9 Å². The number of carbonyl (C=O) groups is 1. The number of ether oxygens (including phenoxy) is 1. The molecule has 0 saturated heterocycles. The Morgan fingerprint density at radius 3 is 2.85 bits per heavy atom. The molecule has 0 fully saturated rings. The van der Waals surface area contributed by atoms with Gasteiger partial charge in [-0.2, -0.15) is 0 Å². The third-order valence-corrected chi connectivity index (χ3v) is 1.84. The second-order valence-electron chi connectivity index (χ2n) is 2.66. The van der Waals surface area contributed by atoms with Gasteiger partial charge in [0.15, 0.2) is 0 Å². The quantitative estimate of drug-likeness (QED) is 0.495. The molecule has 0 N–H and O–H groups in total. The molecule has 0 spiro atoms. The SMILES string of the molecule is BCc1ccc(F)c(C(=O)OC)c1. The summed E-state index contributed by atoms with van der Waals surface area (Å²) in [5.41, 5.74) is 0.920. The predicted octanol–water partition coefficient (Wildman–Crippen LogP) is 0.745. The van der Waals surface area contributed by atoms with Crippen molar-refractivity contribution in [3.05, 3.63) is 35.1 Å². The molecule has 0 aliphatic heterocycles. The number of hydrogen-bond donors (Lipinski definition) is 0. The van der Waals surface area contributed by atoms with E-state index in [1.54, 1.807) is 6.07 Å². The second-order valence-corrected chi connectivity index (χ2v) is 2.66. The lowest BCUT2D eigenvalue weighted by atomic mass is 9.95. The monoisotopic (exact) mass is 180 g/mol. The fraction of sp³-hybridized carbons (Fsp3) is 0.222. The van der Waals surface area contributed by atoms with Gasteiger partial charge in [0.05, 0.1) is 12.7 Å². The highest BCUT2D eigenvalue weighted by Crippen LogP contribution is 2.11. The van der Waals surface area contributed by atoms with Gasteiger partial charge in [0.2, 0.25) is 0 Å². The van der Waals surface area contributed by atoms with Crippen molar-refractivity contribution in [1.82, 2.24) is 0 Å². The molecular weight excluding hydrogens is 170 g/mol. The van der Waals surface area contributed by atoms with E-state index in [1.807, 2.05) is 7.85 Å². The number of halogens is 1. The molecular formula is C9H10BFO2. The van der Waals surface area contributed by atoms with Crippen LogP contribution in [0.25, 0.3) is 0 Å². The van der Waals surface area contributed by atoms with Crippen LogP contribution >= 0.6 is 0 Å². The van der Waals surface area contributed by atoms with Crippen LogP contribution < -0.4 is 0 Å². The molecule has 4 heteroatoms. The van der Waals surface area contributed by atoms with Gasteiger partial charge in [0.25, 0.3) is 0 Å². The van der Waals surface area contributed by atoms with Crippen LogP contribution in [0.4, 0.5) is 4.39 Å².